The molecule has 0 radical (unpaired) electrons. The van der Waals surface area contributed by atoms with Crippen LogP contribution in [-0.2, 0) is 0 Å². The monoisotopic (exact) mass is 249 g/mol. The minimum absolute atomic E-state index is 0. The molecule has 0 aliphatic carbocycles. The summed E-state index contributed by atoms with van der Waals surface area (Å²) in [6.45, 7) is 4.58. The zero-order valence-electron chi connectivity index (χ0n) is 9.79. The molecule has 0 atom stereocenters. The highest BCUT2D eigenvalue weighted by atomic mass is 35.5. The molecule has 0 bridgehead atoms. The lowest BCUT2D eigenvalue weighted by Gasteiger charge is -2.10. The number of benzene rings is 1. The van der Waals surface area contributed by atoms with Gasteiger partial charge < -0.3 is 10.6 Å². The van der Waals surface area contributed by atoms with Gasteiger partial charge in [0.25, 0.3) is 0 Å². The zero-order valence-corrected chi connectivity index (χ0v) is 10.6. The second-order valence-corrected chi connectivity index (χ2v) is 3.73. The van der Waals surface area contributed by atoms with Gasteiger partial charge in [-0.3, -0.25) is 4.99 Å². The largest absolute Gasteiger partial charge is 0.378 e. The SMILES string of the molecule is C#Cc1cccc(NCC2=NCCN2)c1C.Cl. The van der Waals surface area contributed by atoms with E-state index in [0.717, 1.165) is 42.3 Å². The van der Waals surface area contributed by atoms with Crippen molar-refractivity contribution in [2.45, 2.75) is 6.92 Å². The number of hydrogen-bond acceptors (Lipinski definition) is 3. The van der Waals surface area contributed by atoms with Gasteiger partial charge in [-0.05, 0) is 24.6 Å². The molecule has 1 aromatic rings. The summed E-state index contributed by atoms with van der Waals surface area (Å²) in [5.74, 6) is 3.70. The molecule has 1 heterocycles. The summed E-state index contributed by atoms with van der Waals surface area (Å²) in [5.41, 5.74) is 3.13. The van der Waals surface area contributed by atoms with E-state index in [1.54, 1.807) is 0 Å². The number of rotatable bonds is 3. The van der Waals surface area contributed by atoms with Crippen molar-refractivity contribution < 1.29 is 0 Å². The molecule has 2 rings (SSSR count). The molecule has 0 aromatic heterocycles. The number of nitrogens with one attached hydrogen (secondary N) is 2. The fourth-order valence-electron chi connectivity index (χ4n) is 1.73. The van der Waals surface area contributed by atoms with Crippen molar-refractivity contribution in [1.82, 2.24) is 5.32 Å². The molecule has 0 unspecified atom stereocenters. The van der Waals surface area contributed by atoms with Crippen LogP contribution in [0.1, 0.15) is 11.1 Å². The number of terminal acetylenes is 1. The average molecular weight is 250 g/mol. The first-order valence-electron chi connectivity index (χ1n) is 5.38. The molecule has 0 saturated heterocycles. The zero-order chi connectivity index (χ0) is 11.4. The summed E-state index contributed by atoms with van der Waals surface area (Å²) in [4.78, 5) is 4.33. The van der Waals surface area contributed by atoms with E-state index in [4.69, 9.17) is 6.42 Å². The van der Waals surface area contributed by atoms with E-state index in [2.05, 4.69) is 21.5 Å². The number of hydrogen-bond donors (Lipinski definition) is 2. The third-order valence-electron chi connectivity index (χ3n) is 2.68. The molecule has 17 heavy (non-hydrogen) atoms. The predicted octanol–water partition coefficient (Wildman–Crippen LogP) is 1.81. The van der Waals surface area contributed by atoms with Crippen molar-refractivity contribution >= 4 is 23.9 Å². The molecule has 1 aromatic carbocycles. The topological polar surface area (TPSA) is 36.4 Å². The quantitative estimate of drug-likeness (QED) is 0.802. The second kappa shape index (κ2) is 6.17. The van der Waals surface area contributed by atoms with E-state index in [1.165, 1.54) is 0 Å². The summed E-state index contributed by atoms with van der Waals surface area (Å²) >= 11 is 0. The first kappa shape index (κ1) is 13.4. The number of amidine groups is 1. The smallest absolute Gasteiger partial charge is 0.116 e. The van der Waals surface area contributed by atoms with E-state index < -0.39 is 0 Å². The Morgan fingerprint density at radius 2 is 2.35 bits per heavy atom. The molecule has 4 heteroatoms. The third kappa shape index (κ3) is 3.15. The van der Waals surface area contributed by atoms with Crippen LogP contribution < -0.4 is 10.6 Å². The van der Waals surface area contributed by atoms with Crippen LogP contribution in [0.3, 0.4) is 0 Å². The number of anilines is 1. The van der Waals surface area contributed by atoms with Gasteiger partial charge >= 0.3 is 0 Å². The van der Waals surface area contributed by atoms with Crippen LogP contribution in [0.4, 0.5) is 5.69 Å². The van der Waals surface area contributed by atoms with E-state index in [-0.39, 0.29) is 12.4 Å². The maximum absolute atomic E-state index is 5.42. The van der Waals surface area contributed by atoms with Gasteiger partial charge in [-0.1, -0.05) is 12.0 Å². The molecule has 0 spiro atoms. The summed E-state index contributed by atoms with van der Waals surface area (Å²) in [7, 11) is 0. The molecule has 1 aliphatic rings. The maximum Gasteiger partial charge on any atom is 0.116 e. The molecule has 2 N–H and O–H groups in total. The third-order valence-corrected chi connectivity index (χ3v) is 2.68. The normalized spacial score (nSPS) is 13.1. The Morgan fingerprint density at radius 3 is 3.00 bits per heavy atom. The van der Waals surface area contributed by atoms with E-state index in [1.807, 2.05) is 25.1 Å². The molecule has 3 nitrogen and oxygen atoms in total. The number of nitrogens with zero attached hydrogens (tertiary/aromatic N) is 1. The van der Waals surface area contributed by atoms with Gasteiger partial charge in [-0.2, -0.15) is 0 Å². The number of aliphatic imine (C=N–C) groups is 1. The van der Waals surface area contributed by atoms with Gasteiger partial charge in [0.05, 0.1) is 13.1 Å². The maximum atomic E-state index is 5.42. The van der Waals surface area contributed by atoms with Crippen molar-refractivity contribution in [3.8, 4) is 12.3 Å². The lowest BCUT2D eigenvalue weighted by molar-refractivity contribution is 0.956. The van der Waals surface area contributed by atoms with Gasteiger partial charge in [0.1, 0.15) is 5.84 Å². The fraction of sp³-hybridized carbons (Fsp3) is 0.308. The van der Waals surface area contributed by atoms with Crippen LogP contribution in [0.2, 0.25) is 0 Å². The van der Waals surface area contributed by atoms with Crippen LogP contribution >= 0.6 is 12.4 Å². The van der Waals surface area contributed by atoms with Gasteiger partial charge in [-0.25, -0.2) is 0 Å². The Balaban J connectivity index is 0.00000144. The van der Waals surface area contributed by atoms with Gasteiger partial charge in [0, 0.05) is 17.8 Å². The first-order valence-corrected chi connectivity index (χ1v) is 5.38. The molecule has 1 aliphatic heterocycles. The molecule has 0 fully saturated rings. The lowest BCUT2D eigenvalue weighted by atomic mass is 10.1. The van der Waals surface area contributed by atoms with E-state index in [0.29, 0.717) is 0 Å². The Labute approximate surface area is 108 Å². The van der Waals surface area contributed by atoms with Crippen LogP contribution in [-0.4, -0.2) is 25.5 Å². The van der Waals surface area contributed by atoms with Crippen LogP contribution in [0.15, 0.2) is 23.2 Å². The highest BCUT2D eigenvalue weighted by molar-refractivity contribution is 5.87. The summed E-state index contributed by atoms with van der Waals surface area (Å²) in [6.07, 6.45) is 5.42. The minimum atomic E-state index is 0. The van der Waals surface area contributed by atoms with Crippen LogP contribution in [0.25, 0.3) is 0 Å². The van der Waals surface area contributed by atoms with Gasteiger partial charge in [-0.15, -0.1) is 18.8 Å². The first-order chi connectivity index (χ1) is 7.81. The van der Waals surface area contributed by atoms with Gasteiger partial charge in [0.2, 0.25) is 0 Å². The van der Waals surface area contributed by atoms with E-state index >= 15 is 0 Å². The van der Waals surface area contributed by atoms with Crippen LogP contribution in [0.5, 0.6) is 0 Å². The second-order valence-electron chi connectivity index (χ2n) is 3.73. The van der Waals surface area contributed by atoms with Gasteiger partial charge in [0.15, 0.2) is 0 Å². The Hall–Kier alpha value is -1.66. The summed E-state index contributed by atoms with van der Waals surface area (Å²) in [5, 5.41) is 6.56. The highest BCUT2D eigenvalue weighted by Crippen LogP contribution is 2.17. The van der Waals surface area contributed by atoms with Crippen molar-refractivity contribution in [1.29, 1.82) is 0 Å². The fourth-order valence-corrected chi connectivity index (χ4v) is 1.73. The minimum Gasteiger partial charge on any atom is -0.378 e. The molecule has 90 valence electrons. The summed E-state index contributed by atoms with van der Waals surface area (Å²) in [6, 6.07) is 5.95. The van der Waals surface area contributed by atoms with Crippen molar-refractivity contribution in [2.24, 2.45) is 4.99 Å². The van der Waals surface area contributed by atoms with Crippen molar-refractivity contribution in [3.05, 3.63) is 29.3 Å². The highest BCUT2D eigenvalue weighted by Gasteiger charge is 2.06. The standard InChI is InChI=1S/C13H15N3.ClH/c1-3-11-5-4-6-12(10(11)2)16-9-13-14-7-8-15-13;/h1,4-6,16H,7-9H2,2H3,(H,14,15);1H. The van der Waals surface area contributed by atoms with E-state index in [9.17, 15) is 0 Å². The van der Waals surface area contributed by atoms with Crippen molar-refractivity contribution in [3.63, 3.8) is 0 Å². The molecular weight excluding hydrogens is 234 g/mol. The Morgan fingerprint density at radius 1 is 1.53 bits per heavy atom. The summed E-state index contributed by atoms with van der Waals surface area (Å²) < 4.78 is 0. The lowest BCUT2D eigenvalue weighted by Crippen LogP contribution is -2.26. The molecule has 0 amide bonds. The van der Waals surface area contributed by atoms with Crippen molar-refractivity contribution in [2.75, 3.05) is 25.0 Å². The molecule has 0 saturated carbocycles. The van der Waals surface area contributed by atoms with Crippen LogP contribution in [0, 0.1) is 19.3 Å². The number of halogens is 1. The Kier molecular flexibility index (Phi) is 4.86. The predicted molar refractivity (Wildman–Crippen MR) is 75.2 cm³/mol. The molecular formula is C13H16ClN3. The average Bonchev–Trinajstić information content (AvgIpc) is 2.81. The Bertz CT molecular complexity index is 460.